The van der Waals surface area contributed by atoms with Crippen LogP contribution in [0.2, 0.25) is 0 Å². The van der Waals surface area contributed by atoms with Gasteiger partial charge in [0.2, 0.25) is 0 Å². The highest BCUT2D eigenvalue weighted by Gasteiger charge is 2.26. The summed E-state index contributed by atoms with van der Waals surface area (Å²) in [6.45, 7) is 2.37. The van der Waals surface area contributed by atoms with Gasteiger partial charge in [-0.15, -0.1) is 0 Å². The van der Waals surface area contributed by atoms with Gasteiger partial charge in [-0.1, -0.05) is 6.92 Å². The number of rotatable bonds is 6. The summed E-state index contributed by atoms with van der Waals surface area (Å²) in [7, 11) is 0. The van der Waals surface area contributed by atoms with E-state index in [0.717, 1.165) is 6.42 Å². The van der Waals surface area contributed by atoms with E-state index in [2.05, 4.69) is 10.6 Å². The minimum absolute atomic E-state index is 0.0546. The monoisotopic (exact) mass is 338 g/mol. The van der Waals surface area contributed by atoms with E-state index in [0.29, 0.717) is 43.7 Å². The molecule has 0 saturated heterocycles. The number of carbonyl (C=O) groups is 2. The fourth-order valence-electron chi connectivity index (χ4n) is 2.76. The van der Waals surface area contributed by atoms with E-state index >= 15 is 0 Å². The molecule has 1 aromatic carbocycles. The van der Waals surface area contributed by atoms with Crippen molar-refractivity contribution in [3.8, 4) is 5.75 Å². The van der Waals surface area contributed by atoms with E-state index < -0.39 is 17.8 Å². The lowest BCUT2D eigenvalue weighted by atomic mass is 9.86. The SMILES string of the molecule is CCCOc1cc(F)ccc1NC(=O)NC1CCC(C(=O)O)CC1. The van der Waals surface area contributed by atoms with Crippen LogP contribution in [0.25, 0.3) is 0 Å². The molecule has 0 radical (unpaired) electrons. The number of aliphatic carboxylic acids is 1. The van der Waals surface area contributed by atoms with E-state index in [-0.39, 0.29) is 12.0 Å². The summed E-state index contributed by atoms with van der Waals surface area (Å²) < 4.78 is 18.8. The normalized spacial score (nSPS) is 20.2. The van der Waals surface area contributed by atoms with Crippen LogP contribution in [0.3, 0.4) is 0 Å². The van der Waals surface area contributed by atoms with Crippen LogP contribution in [0, 0.1) is 11.7 Å². The smallest absolute Gasteiger partial charge is 0.319 e. The molecule has 0 aromatic heterocycles. The Bertz CT molecular complexity index is 586. The van der Waals surface area contributed by atoms with Gasteiger partial charge in [0.25, 0.3) is 0 Å². The predicted molar refractivity (Wildman–Crippen MR) is 87.7 cm³/mol. The summed E-state index contributed by atoms with van der Waals surface area (Å²) in [6.07, 6.45) is 3.15. The molecule has 3 N–H and O–H groups in total. The molecule has 7 heteroatoms. The Morgan fingerprint density at radius 2 is 2.00 bits per heavy atom. The fraction of sp³-hybridized carbons (Fsp3) is 0.529. The molecule has 0 unspecified atom stereocenters. The Morgan fingerprint density at radius 1 is 1.29 bits per heavy atom. The first kappa shape index (κ1) is 18.0. The molecule has 1 saturated carbocycles. The van der Waals surface area contributed by atoms with Gasteiger partial charge in [0.05, 0.1) is 18.2 Å². The Labute approximate surface area is 140 Å². The molecule has 0 atom stereocenters. The Kier molecular flexibility index (Phi) is 6.40. The molecular weight excluding hydrogens is 315 g/mol. The number of anilines is 1. The molecule has 0 heterocycles. The fourth-order valence-corrected chi connectivity index (χ4v) is 2.76. The van der Waals surface area contributed by atoms with Crippen molar-refractivity contribution in [3.63, 3.8) is 0 Å². The van der Waals surface area contributed by atoms with Crippen molar-refractivity contribution in [3.05, 3.63) is 24.0 Å². The first-order valence-electron chi connectivity index (χ1n) is 8.22. The van der Waals surface area contributed by atoms with E-state index in [4.69, 9.17) is 9.84 Å². The summed E-state index contributed by atoms with van der Waals surface area (Å²) in [5.41, 5.74) is 0.404. The number of benzene rings is 1. The van der Waals surface area contributed by atoms with Crippen LogP contribution in [-0.2, 0) is 4.79 Å². The highest BCUT2D eigenvalue weighted by atomic mass is 19.1. The number of amides is 2. The minimum Gasteiger partial charge on any atom is -0.491 e. The van der Waals surface area contributed by atoms with Crippen molar-refractivity contribution in [1.29, 1.82) is 0 Å². The van der Waals surface area contributed by atoms with E-state index in [9.17, 15) is 14.0 Å². The van der Waals surface area contributed by atoms with Gasteiger partial charge < -0.3 is 20.5 Å². The van der Waals surface area contributed by atoms with E-state index in [1.54, 1.807) is 0 Å². The second-order valence-electron chi connectivity index (χ2n) is 5.97. The average Bonchev–Trinajstić information content (AvgIpc) is 2.55. The third kappa shape index (κ3) is 5.11. The first-order valence-corrected chi connectivity index (χ1v) is 8.22. The summed E-state index contributed by atoms with van der Waals surface area (Å²) >= 11 is 0. The molecule has 2 rings (SSSR count). The Hall–Kier alpha value is -2.31. The molecule has 24 heavy (non-hydrogen) atoms. The number of carbonyl (C=O) groups excluding carboxylic acids is 1. The third-order valence-corrected chi connectivity index (χ3v) is 4.07. The topological polar surface area (TPSA) is 87.7 Å². The number of carboxylic acids is 1. The third-order valence-electron chi connectivity index (χ3n) is 4.07. The number of hydrogen-bond acceptors (Lipinski definition) is 3. The molecule has 1 aliphatic carbocycles. The molecule has 1 aromatic rings. The predicted octanol–water partition coefficient (Wildman–Crippen LogP) is 3.38. The maximum atomic E-state index is 13.3. The van der Waals surface area contributed by atoms with Crippen molar-refractivity contribution < 1.29 is 23.8 Å². The molecule has 0 aliphatic heterocycles. The maximum absolute atomic E-state index is 13.3. The molecular formula is C17H23FN2O4. The number of hydrogen-bond donors (Lipinski definition) is 3. The van der Waals surface area contributed by atoms with Gasteiger partial charge in [0, 0.05) is 12.1 Å². The zero-order valence-electron chi connectivity index (χ0n) is 13.7. The number of carboxylic acid groups (broad SMARTS) is 1. The second kappa shape index (κ2) is 8.52. The largest absolute Gasteiger partial charge is 0.491 e. The zero-order chi connectivity index (χ0) is 17.5. The second-order valence-corrected chi connectivity index (χ2v) is 5.97. The minimum atomic E-state index is -0.776. The van der Waals surface area contributed by atoms with Gasteiger partial charge in [-0.2, -0.15) is 0 Å². The van der Waals surface area contributed by atoms with Gasteiger partial charge in [-0.05, 0) is 44.2 Å². The van der Waals surface area contributed by atoms with Gasteiger partial charge in [-0.25, -0.2) is 9.18 Å². The molecule has 0 bridgehead atoms. The Morgan fingerprint density at radius 3 is 2.62 bits per heavy atom. The van der Waals surface area contributed by atoms with Crippen molar-refractivity contribution in [1.82, 2.24) is 5.32 Å². The highest BCUT2D eigenvalue weighted by Crippen LogP contribution is 2.27. The van der Waals surface area contributed by atoms with Crippen molar-refractivity contribution in [2.24, 2.45) is 5.92 Å². The van der Waals surface area contributed by atoms with Gasteiger partial charge >= 0.3 is 12.0 Å². The molecule has 132 valence electrons. The lowest BCUT2D eigenvalue weighted by Crippen LogP contribution is -2.41. The number of halogens is 1. The lowest BCUT2D eigenvalue weighted by molar-refractivity contribution is -0.142. The van der Waals surface area contributed by atoms with E-state index in [1.165, 1.54) is 18.2 Å². The summed E-state index contributed by atoms with van der Waals surface area (Å²) in [5, 5.41) is 14.5. The van der Waals surface area contributed by atoms with Crippen LogP contribution in [0.15, 0.2) is 18.2 Å². The van der Waals surface area contributed by atoms with Gasteiger partial charge in [-0.3, -0.25) is 4.79 Å². The van der Waals surface area contributed by atoms with Crippen LogP contribution in [0.5, 0.6) is 5.75 Å². The zero-order valence-corrected chi connectivity index (χ0v) is 13.7. The van der Waals surface area contributed by atoms with Gasteiger partial charge in [0.1, 0.15) is 11.6 Å². The molecule has 1 fully saturated rings. The number of ether oxygens (including phenoxy) is 1. The molecule has 1 aliphatic rings. The number of urea groups is 1. The van der Waals surface area contributed by atoms with Crippen LogP contribution in [0.4, 0.5) is 14.9 Å². The average molecular weight is 338 g/mol. The van der Waals surface area contributed by atoms with Crippen LogP contribution in [0.1, 0.15) is 39.0 Å². The lowest BCUT2D eigenvalue weighted by Gasteiger charge is -2.27. The molecule has 2 amide bonds. The quantitative estimate of drug-likeness (QED) is 0.742. The van der Waals surface area contributed by atoms with Crippen LogP contribution in [-0.4, -0.2) is 29.8 Å². The summed E-state index contributed by atoms with van der Waals surface area (Å²) in [6, 6.07) is 3.50. The van der Waals surface area contributed by atoms with Crippen molar-refractivity contribution in [2.75, 3.05) is 11.9 Å². The molecule has 6 nitrogen and oxygen atoms in total. The summed E-state index contributed by atoms with van der Waals surface area (Å²) in [5.74, 6) is -1.24. The molecule has 0 spiro atoms. The van der Waals surface area contributed by atoms with E-state index in [1.807, 2.05) is 6.92 Å². The van der Waals surface area contributed by atoms with Crippen LogP contribution < -0.4 is 15.4 Å². The van der Waals surface area contributed by atoms with Crippen LogP contribution >= 0.6 is 0 Å². The summed E-state index contributed by atoms with van der Waals surface area (Å²) in [4.78, 5) is 23.1. The standard InChI is InChI=1S/C17H23FN2O4/c1-2-9-24-15-10-12(18)5-8-14(15)20-17(23)19-13-6-3-11(4-7-13)16(21)22/h5,8,10-11,13H,2-4,6-7,9H2,1H3,(H,21,22)(H2,19,20,23). The van der Waals surface area contributed by atoms with Gasteiger partial charge in [0.15, 0.2) is 0 Å². The maximum Gasteiger partial charge on any atom is 0.319 e. The van der Waals surface area contributed by atoms with Crippen molar-refractivity contribution in [2.45, 2.75) is 45.1 Å². The number of nitrogens with one attached hydrogen (secondary N) is 2. The first-order chi connectivity index (χ1) is 11.5. The van der Waals surface area contributed by atoms with Crippen molar-refractivity contribution >= 4 is 17.7 Å². The Balaban J connectivity index is 1.89. The highest BCUT2D eigenvalue weighted by molar-refractivity contribution is 5.91.